The van der Waals surface area contributed by atoms with Gasteiger partial charge in [-0.2, -0.15) is 0 Å². The van der Waals surface area contributed by atoms with E-state index in [-0.39, 0.29) is 109 Å². The molecule has 0 rings (SSSR count). The quantitative estimate of drug-likeness (QED) is 0.490. The van der Waals surface area contributed by atoms with E-state index in [0.717, 1.165) is 0 Å². The van der Waals surface area contributed by atoms with E-state index >= 15 is 0 Å². The van der Waals surface area contributed by atoms with Gasteiger partial charge in [-0.25, -0.2) is 0 Å². The van der Waals surface area contributed by atoms with Gasteiger partial charge in [-0.3, -0.25) is 0 Å². The van der Waals surface area contributed by atoms with Crippen molar-refractivity contribution in [3.8, 4) is 0 Å². The Labute approximate surface area is 161 Å². The Balaban J connectivity index is -0.000000500. The first-order valence-corrected chi connectivity index (χ1v) is 3.06. The fraction of sp³-hybridized carbons (Fsp3) is 0.667. The van der Waals surface area contributed by atoms with Crippen LogP contribution in [0, 0.1) is 0 Å². The van der Waals surface area contributed by atoms with Gasteiger partial charge in [0.1, 0.15) is 5.60 Å². The summed E-state index contributed by atoms with van der Waals surface area (Å²) in [4.78, 5) is 20.1. The first kappa shape index (κ1) is 20.6. The Morgan fingerprint density at radius 2 is 1.69 bits per heavy atom. The van der Waals surface area contributed by atoms with Gasteiger partial charge in [0.25, 0.3) is 0 Å². The number of hydrogen-bond donors (Lipinski definition) is 1. The normalized spacial score (nSPS) is 13.1. The van der Waals surface area contributed by atoms with E-state index in [1.807, 2.05) is 0 Å². The maximum atomic E-state index is 10.1. The van der Waals surface area contributed by atoms with Crippen LogP contribution >= 0.6 is 0 Å². The number of carboxylic acids is 2. The summed E-state index contributed by atoms with van der Waals surface area (Å²) in [6.45, 7) is 1.35. The number of carbonyl (C=O) groups excluding carboxylic acids is 2. The molecule has 1 atom stereocenters. The number of carboxylic acid groups (broad SMARTS) is 2. The van der Waals surface area contributed by atoms with Crippen molar-refractivity contribution in [2.75, 3.05) is 0 Å². The maximum Gasteiger partial charge on any atom is 1.00 e. The van der Waals surface area contributed by atoms with Gasteiger partial charge in [0.05, 0.1) is 5.97 Å². The van der Waals surface area contributed by atoms with Crippen LogP contribution in [0.4, 0.5) is 0 Å². The average Bonchev–Trinajstić information content (AvgIpc) is 1.86. The van der Waals surface area contributed by atoms with Gasteiger partial charge in [-0.05, 0) is 6.42 Å². The third-order valence-corrected chi connectivity index (χ3v) is 1.40. The van der Waals surface area contributed by atoms with Gasteiger partial charge in [-0.1, -0.05) is 6.92 Å². The van der Waals surface area contributed by atoms with Crippen LogP contribution in [0.15, 0.2) is 0 Å². The predicted molar refractivity (Wildman–Crippen MR) is 29.9 cm³/mol. The Bertz CT molecular complexity index is 184. The molecule has 0 aromatic rings. The van der Waals surface area contributed by atoms with Crippen LogP contribution in [0.3, 0.4) is 0 Å². The first-order valence-electron chi connectivity index (χ1n) is 3.06. The molecule has 0 spiro atoms. The summed E-state index contributed by atoms with van der Waals surface area (Å²) in [6, 6.07) is 0. The van der Waals surface area contributed by atoms with Crippen molar-refractivity contribution in [1.82, 2.24) is 0 Å². The largest absolute Gasteiger partial charge is 1.00 e. The molecule has 0 aliphatic heterocycles. The molecule has 0 saturated heterocycles. The standard InChI is InChI=1S/C6H10O5.2K/c1-2-6(11,5(9)10)3-4(7)8;;/h11H,2-3H2,1H3,(H,7,8)(H,9,10);;/q;2*+1/p-2. The van der Waals surface area contributed by atoms with Crippen molar-refractivity contribution >= 4 is 11.9 Å². The van der Waals surface area contributed by atoms with E-state index in [1.165, 1.54) is 6.92 Å². The minimum atomic E-state index is -2.29. The molecule has 13 heavy (non-hydrogen) atoms. The van der Waals surface area contributed by atoms with Crippen LogP contribution < -0.4 is 113 Å². The molecule has 0 bridgehead atoms. The molecular formula is C6H8K2O5. The summed E-state index contributed by atoms with van der Waals surface area (Å²) in [5.74, 6) is -3.40. The van der Waals surface area contributed by atoms with Crippen LogP contribution in [0.5, 0.6) is 0 Å². The van der Waals surface area contributed by atoms with Gasteiger partial charge in [0.15, 0.2) is 0 Å². The van der Waals surface area contributed by atoms with Crippen LogP contribution in [0.25, 0.3) is 0 Å². The average molecular weight is 238 g/mol. The van der Waals surface area contributed by atoms with Crippen molar-refractivity contribution in [1.29, 1.82) is 0 Å². The second-order valence-corrected chi connectivity index (χ2v) is 2.22. The molecule has 1 N–H and O–H groups in total. The van der Waals surface area contributed by atoms with Gasteiger partial charge in [-0.15, -0.1) is 0 Å². The summed E-state index contributed by atoms with van der Waals surface area (Å²) in [6.07, 6.45) is -1.16. The fourth-order valence-electron chi connectivity index (χ4n) is 0.580. The third kappa shape index (κ3) is 8.03. The maximum absolute atomic E-state index is 10.1. The van der Waals surface area contributed by atoms with E-state index in [0.29, 0.717) is 0 Å². The van der Waals surface area contributed by atoms with Crippen LogP contribution in [0.2, 0.25) is 0 Å². The second kappa shape index (κ2) is 9.40. The Morgan fingerprint density at radius 3 is 1.77 bits per heavy atom. The summed E-state index contributed by atoms with van der Waals surface area (Å²) in [5, 5.41) is 29.0. The molecule has 0 aliphatic carbocycles. The Kier molecular flexibility index (Phi) is 14.9. The number of rotatable bonds is 4. The van der Waals surface area contributed by atoms with E-state index in [4.69, 9.17) is 5.11 Å². The molecular weight excluding hydrogens is 230 g/mol. The molecule has 0 aromatic carbocycles. The molecule has 0 radical (unpaired) electrons. The van der Waals surface area contributed by atoms with Crippen molar-refractivity contribution in [2.24, 2.45) is 0 Å². The van der Waals surface area contributed by atoms with Crippen LogP contribution in [0.1, 0.15) is 19.8 Å². The van der Waals surface area contributed by atoms with E-state index in [1.54, 1.807) is 0 Å². The van der Waals surface area contributed by atoms with Crippen molar-refractivity contribution in [2.45, 2.75) is 25.4 Å². The first-order chi connectivity index (χ1) is 4.92. The second-order valence-electron chi connectivity index (χ2n) is 2.22. The summed E-state index contributed by atoms with van der Waals surface area (Å²) >= 11 is 0. The SMILES string of the molecule is CCC(O)(CC(=O)[O-])C(=O)[O-].[K+].[K+]. The van der Waals surface area contributed by atoms with Crippen LogP contribution in [-0.4, -0.2) is 22.6 Å². The smallest absolute Gasteiger partial charge is 0.550 e. The van der Waals surface area contributed by atoms with Crippen molar-refractivity contribution in [3.63, 3.8) is 0 Å². The number of hydrogen-bond acceptors (Lipinski definition) is 5. The van der Waals surface area contributed by atoms with Gasteiger partial charge >= 0.3 is 103 Å². The van der Waals surface area contributed by atoms with E-state index in [9.17, 15) is 19.8 Å². The summed E-state index contributed by atoms with van der Waals surface area (Å²) in [7, 11) is 0. The Morgan fingerprint density at radius 1 is 1.31 bits per heavy atom. The van der Waals surface area contributed by atoms with Crippen molar-refractivity contribution < 1.29 is 128 Å². The van der Waals surface area contributed by atoms with Gasteiger partial charge in [0.2, 0.25) is 0 Å². The van der Waals surface area contributed by atoms with Gasteiger partial charge < -0.3 is 24.9 Å². The number of aliphatic carboxylic acids is 2. The summed E-state index contributed by atoms with van der Waals surface area (Å²) in [5.41, 5.74) is -2.29. The zero-order valence-corrected chi connectivity index (χ0v) is 14.2. The molecule has 0 saturated carbocycles. The summed E-state index contributed by atoms with van der Waals surface area (Å²) < 4.78 is 0. The minimum Gasteiger partial charge on any atom is -0.550 e. The topological polar surface area (TPSA) is 100 Å². The molecule has 0 aliphatic rings. The number of aliphatic hydroxyl groups is 1. The fourth-order valence-corrected chi connectivity index (χ4v) is 0.580. The Hall–Kier alpha value is 2.17. The molecule has 7 heteroatoms. The molecule has 0 aromatic heterocycles. The van der Waals surface area contributed by atoms with Crippen molar-refractivity contribution in [3.05, 3.63) is 0 Å². The monoisotopic (exact) mass is 238 g/mol. The van der Waals surface area contributed by atoms with E-state index in [2.05, 4.69) is 0 Å². The minimum absolute atomic E-state index is 0. The number of carbonyl (C=O) groups is 2. The zero-order chi connectivity index (χ0) is 9.07. The van der Waals surface area contributed by atoms with E-state index < -0.39 is 24.0 Å². The molecule has 0 fully saturated rings. The molecule has 64 valence electrons. The molecule has 1 unspecified atom stereocenters. The van der Waals surface area contributed by atoms with Gasteiger partial charge in [0, 0.05) is 12.4 Å². The molecule has 0 heterocycles. The molecule has 5 nitrogen and oxygen atoms in total. The zero-order valence-electron chi connectivity index (χ0n) is 7.99. The predicted octanol–water partition coefficient (Wildman–Crippen LogP) is -8.97. The van der Waals surface area contributed by atoms with Crippen LogP contribution in [-0.2, 0) is 9.59 Å². The molecule has 0 amide bonds. The third-order valence-electron chi connectivity index (χ3n) is 1.40.